The van der Waals surface area contributed by atoms with E-state index in [2.05, 4.69) is 26.8 Å². The van der Waals surface area contributed by atoms with Crippen LogP contribution in [-0.4, -0.2) is 37.2 Å². The number of methoxy groups -OCH3 is 1. The summed E-state index contributed by atoms with van der Waals surface area (Å²) in [4.78, 5) is 11.5. The van der Waals surface area contributed by atoms with E-state index in [0.717, 1.165) is 0 Å². The Balaban J connectivity index is 5.13. The molecule has 0 spiro atoms. The minimum atomic E-state index is -1.64. The van der Waals surface area contributed by atoms with Crippen LogP contribution >= 0.6 is 7.26 Å². The third kappa shape index (κ3) is 7.59. The Bertz CT molecular complexity index is 317. The molecule has 0 aliphatic carbocycles. The van der Waals surface area contributed by atoms with E-state index in [0.29, 0.717) is 12.8 Å². The number of hydrogen-bond acceptors (Lipinski definition) is 3. The number of rotatable bonds is 13. The molecule has 4 heteroatoms. The third-order valence-corrected chi connectivity index (χ3v) is 10.8. The van der Waals surface area contributed by atoms with Crippen LogP contribution in [0, 0.1) is 11.3 Å². The van der Waals surface area contributed by atoms with Crippen molar-refractivity contribution in [3.8, 4) is 6.07 Å². The summed E-state index contributed by atoms with van der Waals surface area (Å²) in [5, 5.41) is 9.78. The average Bonchev–Trinajstić information content (AvgIpc) is 2.55. The van der Waals surface area contributed by atoms with Crippen molar-refractivity contribution < 1.29 is 9.53 Å². The van der Waals surface area contributed by atoms with Gasteiger partial charge in [0.1, 0.15) is 0 Å². The number of carbonyl (C=O) groups excluding carboxylic acids is 1. The summed E-state index contributed by atoms with van der Waals surface area (Å²) < 4.78 is 4.77. The predicted molar refractivity (Wildman–Crippen MR) is 98.3 cm³/mol. The van der Waals surface area contributed by atoms with Crippen LogP contribution in [0.3, 0.4) is 0 Å². The molecule has 0 rings (SSSR count). The normalized spacial score (nSPS) is 13.4. The van der Waals surface area contributed by atoms with Gasteiger partial charge in [-0.2, -0.15) is 0 Å². The zero-order chi connectivity index (χ0) is 16.8. The van der Waals surface area contributed by atoms with E-state index in [9.17, 15) is 10.1 Å². The molecule has 0 aromatic carbocycles. The summed E-state index contributed by atoms with van der Waals surface area (Å²) in [6.07, 6.45) is 12.1. The monoisotopic (exact) mass is 329 g/mol. The van der Waals surface area contributed by atoms with Crippen LogP contribution in [0.4, 0.5) is 0 Å². The Hall–Kier alpha value is -0.610. The Morgan fingerprint density at radius 2 is 1.50 bits per heavy atom. The van der Waals surface area contributed by atoms with Crippen LogP contribution in [0.5, 0.6) is 0 Å². The molecule has 130 valence electrons. The van der Waals surface area contributed by atoms with Gasteiger partial charge in [-0.1, -0.05) is 0 Å². The number of carbonyl (C=O) groups is 1. The van der Waals surface area contributed by atoms with Gasteiger partial charge in [0.05, 0.1) is 0 Å². The number of nitrogens with zero attached hydrogens (tertiary/aromatic N) is 1. The van der Waals surface area contributed by atoms with Gasteiger partial charge in [0.25, 0.3) is 0 Å². The van der Waals surface area contributed by atoms with Gasteiger partial charge in [-0.05, 0) is 0 Å². The number of hydrogen-bond donors (Lipinski definition) is 0. The van der Waals surface area contributed by atoms with Crippen molar-refractivity contribution >= 4 is 13.2 Å². The van der Waals surface area contributed by atoms with E-state index in [4.69, 9.17) is 4.74 Å². The molecule has 0 heterocycles. The van der Waals surface area contributed by atoms with Crippen molar-refractivity contribution in [3.63, 3.8) is 0 Å². The molecule has 0 bridgehead atoms. The number of nitriles is 1. The van der Waals surface area contributed by atoms with Gasteiger partial charge in [-0.3, -0.25) is 0 Å². The van der Waals surface area contributed by atoms with Gasteiger partial charge < -0.3 is 0 Å². The van der Waals surface area contributed by atoms with E-state index in [-0.39, 0.29) is 11.6 Å². The first kappa shape index (κ1) is 21.4. The Kier molecular flexibility index (Phi) is 12.5. The molecule has 1 atom stereocenters. The second kappa shape index (κ2) is 12.9. The predicted octanol–water partition coefficient (Wildman–Crippen LogP) is 4.98. The van der Waals surface area contributed by atoms with Crippen LogP contribution in [0.2, 0.25) is 0 Å². The zero-order valence-corrected chi connectivity index (χ0v) is 16.1. The molecule has 1 unspecified atom stereocenters. The molecule has 0 saturated carbocycles. The van der Waals surface area contributed by atoms with Gasteiger partial charge in [0.15, 0.2) is 0 Å². The van der Waals surface area contributed by atoms with Crippen molar-refractivity contribution in [1.29, 1.82) is 5.26 Å². The van der Waals surface area contributed by atoms with Gasteiger partial charge in [0, 0.05) is 0 Å². The zero-order valence-electron chi connectivity index (χ0n) is 15.1. The van der Waals surface area contributed by atoms with Crippen LogP contribution < -0.4 is 0 Å². The molecule has 0 fully saturated rings. The van der Waals surface area contributed by atoms with Gasteiger partial charge in [-0.25, -0.2) is 0 Å². The van der Waals surface area contributed by atoms with Gasteiger partial charge in [-0.15, -0.1) is 0 Å². The second-order valence-corrected chi connectivity index (χ2v) is 11.4. The molecule has 0 aromatic heterocycles. The molecular weight excluding hydrogens is 293 g/mol. The SMILES string of the molecule is CCCC[PH](CCCC)(CCCC)C(C#N)CCC(=O)OC. The number of esters is 1. The Morgan fingerprint density at radius 1 is 1.05 bits per heavy atom. The van der Waals surface area contributed by atoms with E-state index in [1.807, 2.05) is 0 Å². The molecule has 22 heavy (non-hydrogen) atoms. The minimum absolute atomic E-state index is 0.108. The number of ether oxygens (including phenoxy) is 1. The van der Waals surface area contributed by atoms with Crippen molar-refractivity contribution in [3.05, 3.63) is 0 Å². The maximum atomic E-state index is 11.5. The topological polar surface area (TPSA) is 50.1 Å². The van der Waals surface area contributed by atoms with E-state index < -0.39 is 7.26 Å². The maximum absolute atomic E-state index is 11.5. The summed E-state index contributed by atoms with van der Waals surface area (Å²) in [5.74, 6) is -0.176. The van der Waals surface area contributed by atoms with Crippen molar-refractivity contribution in [2.75, 3.05) is 25.6 Å². The molecule has 0 N–H and O–H groups in total. The second-order valence-electron chi connectivity index (χ2n) is 6.47. The van der Waals surface area contributed by atoms with Gasteiger partial charge >= 0.3 is 137 Å². The average molecular weight is 329 g/mol. The van der Waals surface area contributed by atoms with Crippen molar-refractivity contribution in [2.45, 2.75) is 77.8 Å². The first-order valence-electron chi connectivity index (χ1n) is 9.06. The fraction of sp³-hybridized carbons (Fsp3) is 0.889. The van der Waals surface area contributed by atoms with E-state index in [1.54, 1.807) is 0 Å². The van der Waals surface area contributed by atoms with Crippen LogP contribution in [0.1, 0.15) is 72.1 Å². The third-order valence-electron chi connectivity index (χ3n) is 4.84. The van der Waals surface area contributed by atoms with Crippen LogP contribution in [-0.2, 0) is 9.53 Å². The molecular formula is C18H36NO2P. The molecule has 3 nitrogen and oxygen atoms in total. The Morgan fingerprint density at radius 3 is 1.82 bits per heavy atom. The van der Waals surface area contributed by atoms with E-state index >= 15 is 0 Å². The molecule has 0 aliphatic rings. The molecule has 0 saturated heterocycles. The molecule has 0 amide bonds. The summed E-state index contributed by atoms with van der Waals surface area (Å²) in [6, 6.07) is 2.60. The van der Waals surface area contributed by atoms with Crippen LogP contribution in [0.15, 0.2) is 0 Å². The molecule has 0 aliphatic heterocycles. The quantitative estimate of drug-likeness (QED) is 0.353. The fourth-order valence-electron chi connectivity index (χ4n) is 3.36. The summed E-state index contributed by atoms with van der Waals surface area (Å²) in [6.45, 7) is 6.69. The first-order valence-corrected chi connectivity index (χ1v) is 11.8. The molecule has 0 radical (unpaired) electrons. The van der Waals surface area contributed by atoms with E-state index in [1.165, 1.54) is 64.1 Å². The standard InChI is InChI=1S/C18H36NO2P/c1-5-8-13-22(14-9-6-2,15-10-7-3)17(16-19)11-12-18(20)21-4/h17,22H,5-15H2,1-4H3. The van der Waals surface area contributed by atoms with Gasteiger partial charge in [0.2, 0.25) is 0 Å². The number of unbranched alkanes of at least 4 members (excludes halogenated alkanes) is 3. The summed E-state index contributed by atoms with van der Waals surface area (Å²) in [5.41, 5.74) is 0.108. The first-order chi connectivity index (χ1) is 10.6. The van der Waals surface area contributed by atoms with Crippen LogP contribution in [0.25, 0.3) is 0 Å². The van der Waals surface area contributed by atoms with Crippen molar-refractivity contribution in [2.24, 2.45) is 0 Å². The summed E-state index contributed by atoms with van der Waals surface area (Å²) in [7, 11) is -0.206. The fourth-order valence-corrected chi connectivity index (χ4v) is 9.36. The summed E-state index contributed by atoms with van der Waals surface area (Å²) >= 11 is 0. The molecule has 0 aromatic rings. The Labute approximate surface area is 138 Å². The van der Waals surface area contributed by atoms with Crippen molar-refractivity contribution in [1.82, 2.24) is 0 Å².